The van der Waals surface area contributed by atoms with Gasteiger partial charge in [-0.25, -0.2) is 10.2 Å². The van der Waals surface area contributed by atoms with E-state index in [4.69, 9.17) is 15.2 Å². The maximum atomic E-state index is 10.5. The SMILES string of the molecule is CC(C)(C)c1ccc(OCCCOc2ccc(/C=N/NC(N)=O)cc2)cc1. The molecule has 2 rings (SSSR count). The number of ether oxygens (including phenoxy) is 2. The summed E-state index contributed by atoms with van der Waals surface area (Å²) in [5.74, 6) is 1.64. The summed E-state index contributed by atoms with van der Waals surface area (Å²) in [6.45, 7) is 7.74. The highest BCUT2D eigenvalue weighted by Gasteiger charge is 2.12. The third-order valence-electron chi connectivity index (χ3n) is 3.81. The van der Waals surface area contributed by atoms with Crippen LogP contribution in [0.15, 0.2) is 53.6 Å². The molecule has 0 unspecified atom stereocenters. The summed E-state index contributed by atoms with van der Waals surface area (Å²) in [7, 11) is 0. The standard InChI is InChI=1S/C21H27N3O3/c1-21(2,3)17-7-11-19(12-8-17)27-14-4-13-26-18-9-5-16(6-10-18)15-23-24-20(22)25/h5-12,15H,4,13-14H2,1-3H3,(H3,22,24,25)/b23-15+. The molecule has 144 valence electrons. The Kier molecular flexibility index (Phi) is 7.23. The van der Waals surface area contributed by atoms with Crippen LogP contribution in [0.5, 0.6) is 11.5 Å². The van der Waals surface area contributed by atoms with Crippen molar-refractivity contribution < 1.29 is 14.3 Å². The fourth-order valence-corrected chi connectivity index (χ4v) is 2.31. The van der Waals surface area contributed by atoms with E-state index in [0.29, 0.717) is 13.2 Å². The van der Waals surface area contributed by atoms with E-state index in [0.717, 1.165) is 23.5 Å². The highest BCUT2D eigenvalue weighted by Crippen LogP contribution is 2.24. The first-order chi connectivity index (χ1) is 12.8. The van der Waals surface area contributed by atoms with Gasteiger partial charge in [0.05, 0.1) is 19.4 Å². The summed E-state index contributed by atoms with van der Waals surface area (Å²) >= 11 is 0. The number of nitrogens with one attached hydrogen (secondary N) is 1. The molecule has 6 nitrogen and oxygen atoms in total. The van der Waals surface area contributed by atoms with Crippen molar-refractivity contribution in [1.29, 1.82) is 0 Å². The Morgan fingerprint density at radius 1 is 1.00 bits per heavy atom. The number of nitrogens with two attached hydrogens (primary N) is 1. The lowest BCUT2D eigenvalue weighted by molar-refractivity contribution is 0.247. The van der Waals surface area contributed by atoms with Gasteiger partial charge in [0.15, 0.2) is 0 Å². The van der Waals surface area contributed by atoms with E-state index >= 15 is 0 Å². The lowest BCUT2D eigenvalue weighted by Crippen LogP contribution is -2.24. The molecule has 0 bridgehead atoms. The van der Waals surface area contributed by atoms with Gasteiger partial charge in [-0.15, -0.1) is 0 Å². The third kappa shape index (κ3) is 7.40. The highest BCUT2D eigenvalue weighted by molar-refractivity contribution is 5.81. The molecular weight excluding hydrogens is 342 g/mol. The van der Waals surface area contributed by atoms with E-state index in [1.54, 1.807) is 0 Å². The minimum atomic E-state index is -0.696. The van der Waals surface area contributed by atoms with Crippen LogP contribution in [0, 0.1) is 0 Å². The minimum Gasteiger partial charge on any atom is -0.493 e. The van der Waals surface area contributed by atoms with Crippen molar-refractivity contribution in [1.82, 2.24) is 5.43 Å². The fraction of sp³-hybridized carbons (Fsp3) is 0.333. The second kappa shape index (κ2) is 9.62. The molecule has 0 aromatic heterocycles. The van der Waals surface area contributed by atoms with Gasteiger partial charge in [0, 0.05) is 6.42 Å². The largest absolute Gasteiger partial charge is 0.493 e. The molecular formula is C21H27N3O3. The zero-order chi connectivity index (χ0) is 19.7. The lowest BCUT2D eigenvalue weighted by atomic mass is 9.87. The van der Waals surface area contributed by atoms with Crippen molar-refractivity contribution in [2.45, 2.75) is 32.6 Å². The van der Waals surface area contributed by atoms with Crippen molar-refractivity contribution in [2.24, 2.45) is 10.8 Å². The predicted octanol–water partition coefficient (Wildman–Crippen LogP) is 3.83. The van der Waals surface area contributed by atoms with Gasteiger partial charge < -0.3 is 15.2 Å². The maximum Gasteiger partial charge on any atom is 0.332 e. The lowest BCUT2D eigenvalue weighted by Gasteiger charge is -2.19. The van der Waals surface area contributed by atoms with E-state index in [1.807, 2.05) is 36.4 Å². The summed E-state index contributed by atoms with van der Waals surface area (Å²) < 4.78 is 11.4. The summed E-state index contributed by atoms with van der Waals surface area (Å²) in [6, 6.07) is 14.9. The first-order valence-electron chi connectivity index (χ1n) is 8.89. The average Bonchev–Trinajstić information content (AvgIpc) is 2.62. The van der Waals surface area contributed by atoms with Gasteiger partial charge in [0.2, 0.25) is 0 Å². The van der Waals surface area contributed by atoms with Gasteiger partial charge >= 0.3 is 6.03 Å². The number of primary amides is 1. The maximum absolute atomic E-state index is 10.5. The number of rotatable bonds is 8. The number of nitrogens with zero attached hydrogens (tertiary/aromatic N) is 1. The smallest absolute Gasteiger partial charge is 0.332 e. The first kappa shape index (κ1) is 20.3. The second-order valence-corrected chi connectivity index (χ2v) is 7.13. The molecule has 3 N–H and O–H groups in total. The molecule has 6 heteroatoms. The van der Waals surface area contributed by atoms with Crippen LogP contribution in [0.3, 0.4) is 0 Å². The number of carbonyl (C=O) groups is 1. The number of hydrogen-bond acceptors (Lipinski definition) is 4. The molecule has 0 fully saturated rings. The van der Waals surface area contributed by atoms with Crippen molar-refractivity contribution in [3.05, 3.63) is 59.7 Å². The molecule has 0 saturated carbocycles. The fourth-order valence-electron chi connectivity index (χ4n) is 2.31. The molecule has 0 heterocycles. The average molecular weight is 369 g/mol. The molecule has 0 radical (unpaired) electrons. The Morgan fingerprint density at radius 2 is 1.52 bits per heavy atom. The van der Waals surface area contributed by atoms with Crippen LogP contribution in [0.4, 0.5) is 4.79 Å². The predicted molar refractivity (Wildman–Crippen MR) is 108 cm³/mol. The molecule has 0 aliphatic heterocycles. The van der Waals surface area contributed by atoms with Crippen molar-refractivity contribution in [3.63, 3.8) is 0 Å². The van der Waals surface area contributed by atoms with E-state index in [1.165, 1.54) is 11.8 Å². The Hall–Kier alpha value is -3.02. The number of benzene rings is 2. The number of urea groups is 1. The molecule has 0 aliphatic carbocycles. The molecule has 2 amide bonds. The van der Waals surface area contributed by atoms with Gasteiger partial charge in [-0.2, -0.15) is 5.10 Å². The molecule has 2 aromatic rings. The minimum absolute atomic E-state index is 0.145. The Labute approximate surface area is 160 Å². The molecule has 0 spiro atoms. The number of carbonyl (C=O) groups excluding carboxylic acids is 1. The summed E-state index contributed by atoms with van der Waals surface area (Å²) in [6.07, 6.45) is 2.29. The van der Waals surface area contributed by atoms with E-state index < -0.39 is 6.03 Å². The monoisotopic (exact) mass is 369 g/mol. The normalized spacial score (nSPS) is 11.4. The van der Waals surface area contributed by atoms with Crippen LogP contribution >= 0.6 is 0 Å². The van der Waals surface area contributed by atoms with E-state index in [2.05, 4.69) is 43.4 Å². The van der Waals surface area contributed by atoms with Gasteiger partial charge in [-0.1, -0.05) is 32.9 Å². The van der Waals surface area contributed by atoms with Crippen LogP contribution in [0.25, 0.3) is 0 Å². The van der Waals surface area contributed by atoms with Crippen molar-refractivity contribution in [3.8, 4) is 11.5 Å². The van der Waals surface area contributed by atoms with E-state index in [-0.39, 0.29) is 5.41 Å². The van der Waals surface area contributed by atoms with Gasteiger partial charge in [-0.3, -0.25) is 0 Å². The topological polar surface area (TPSA) is 85.9 Å². The van der Waals surface area contributed by atoms with Crippen molar-refractivity contribution in [2.75, 3.05) is 13.2 Å². The zero-order valence-corrected chi connectivity index (χ0v) is 16.1. The van der Waals surface area contributed by atoms with Gasteiger partial charge in [-0.05, 0) is 52.9 Å². The molecule has 0 atom stereocenters. The molecule has 0 saturated heterocycles. The second-order valence-electron chi connectivity index (χ2n) is 7.13. The highest BCUT2D eigenvalue weighted by atomic mass is 16.5. The van der Waals surface area contributed by atoms with Crippen LogP contribution in [-0.4, -0.2) is 25.5 Å². The Morgan fingerprint density at radius 3 is 2.00 bits per heavy atom. The molecule has 27 heavy (non-hydrogen) atoms. The van der Waals surface area contributed by atoms with Crippen LogP contribution in [-0.2, 0) is 5.41 Å². The number of hydrogen-bond donors (Lipinski definition) is 2. The molecule has 2 aromatic carbocycles. The van der Waals surface area contributed by atoms with Crippen molar-refractivity contribution >= 4 is 12.2 Å². The Bertz CT molecular complexity index is 748. The summed E-state index contributed by atoms with van der Waals surface area (Å²) in [5, 5.41) is 3.70. The van der Waals surface area contributed by atoms with E-state index in [9.17, 15) is 4.79 Å². The van der Waals surface area contributed by atoms with Crippen LogP contribution in [0.1, 0.15) is 38.3 Å². The number of hydrazone groups is 1. The van der Waals surface area contributed by atoms with Crippen LogP contribution < -0.4 is 20.6 Å². The third-order valence-corrected chi connectivity index (χ3v) is 3.81. The quantitative estimate of drug-likeness (QED) is 0.421. The number of amides is 2. The molecule has 0 aliphatic rings. The summed E-state index contributed by atoms with van der Waals surface area (Å²) in [4.78, 5) is 10.5. The first-order valence-corrected chi connectivity index (χ1v) is 8.89. The zero-order valence-electron chi connectivity index (χ0n) is 16.1. The van der Waals surface area contributed by atoms with Crippen LogP contribution in [0.2, 0.25) is 0 Å². The van der Waals surface area contributed by atoms with Gasteiger partial charge in [0.25, 0.3) is 0 Å². The summed E-state index contributed by atoms with van der Waals surface area (Å²) in [5.41, 5.74) is 9.34. The Balaban J connectivity index is 1.68. The van der Waals surface area contributed by atoms with Gasteiger partial charge in [0.1, 0.15) is 11.5 Å².